The van der Waals surface area contributed by atoms with Gasteiger partial charge in [0.1, 0.15) is 5.82 Å². The smallest absolute Gasteiger partial charge is 0.250 e. The Morgan fingerprint density at radius 2 is 1.81 bits per heavy atom. The Morgan fingerprint density at radius 3 is 2.48 bits per heavy atom. The second-order valence-electron chi connectivity index (χ2n) is 4.38. The molecule has 0 unspecified atom stereocenters. The van der Waals surface area contributed by atoms with Crippen LogP contribution in [0.25, 0.3) is 0 Å². The zero-order valence-electron chi connectivity index (χ0n) is 11.6. The van der Waals surface area contributed by atoms with Gasteiger partial charge in [-0.1, -0.05) is 30.6 Å². The normalized spacial score (nSPS) is 9.43. The fraction of sp³-hybridized carbons (Fsp3) is 0.0556. The van der Waals surface area contributed by atoms with Gasteiger partial charge in [-0.3, -0.25) is 4.79 Å². The maximum atomic E-state index is 12.8. The summed E-state index contributed by atoms with van der Waals surface area (Å²) in [5.74, 6) is 5.47. The minimum atomic E-state index is -0.294. The van der Waals surface area contributed by atoms with Crippen LogP contribution in [0, 0.1) is 17.7 Å². The molecule has 0 heterocycles. The fourth-order valence-electron chi connectivity index (χ4n) is 1.80. The molecule has 0 atom stereocenters. The third-order valence-corrected chi connectivity index (χ3v) is 2.96. The van der Waals surface area contributed by atoms with Crippen molar-refractivity contribution in [1.29, 1.82) is 0 Å². The molecule has 21 heavy (non-hydrogen) atoms. The number of carbonyl (C=O) groups is 1. The molecule has 2 aromatic rings. The number of anilines is 1. The summed E-state index contributed by atoms with van der Waals surface area (Å²) in [7, 11) is 1.67. The number of rotatable bonds is 2. The molecule has 2 aromatic carbocycles. The van der Waals surface area contributed by atoms with E-state index in [2.05, 4.69) is 18.4 Å². The summed E-state index contributed by atoms with van der Waals surface area (Å²) < 4.78 is 12.8. The van der Waals surface area contributed by atoms with Crippen molar-refractivity contribution < 1.29 is 9.18 Å². The lowest BCUT2D eigenvalue weighted by Gasteiger charge is -2.16. The topological polar surface area (TPSA) is 20.3 Å². The molecule has 0 saturated heterocycles. The highest BCUT2D eigenvalue weighted by Gasteiger charge is 2.09. The van der Waals surface area contributed by atoms with E-state index < -0.39 is 0 Å². The van der Waals surface area contributed by atoms with Gasteiger partial charge in [0.25, 0.3) is 0 Å². The molecule has 0 radical (unpaired) electrons. The number of hydrogen-bond acceptors (Lipinski definition) is 1. The van der Waals surface area contributed by atoms with Crippen LogP contribution in [0.2, 0.25) is 0 Å². The standard InChI is InChI=1S/C18H14FNO/c1-3-18(21)20(2)17-7-5-4-6-15(17)11-8-14-9-12-16(19)13-10-14/h3-7,9-10,12-13H,1H2,2H3. The van der Waals surface area contributed by atoms with Gasteiger partial charge in [-0.15, -0.1) is 0 Å². The van der Waals surface area contributed by atoms with Crippen molar-refractivity contribution in [2.75, 3.05) is 11.9 Å². The molecule has 2 nitrogen and oxygen atoms in total. The predicted octanol–water partition coefficient (Wildman–Crippen LogP) is 3.37. The monoisotopic (exact) mass is 279 g/mol. The van der Waals surface area contributed by atoms with Gasteiger partial charge in [0.2, 0.25) is 5.91 Å². The fourth-order valence-corrected chi connectivity index (χ4v) is 1.80. The number of benzene rings is 2. The molecule has 0 N–H and O–H groups in total. The van der Waals surface area contributed by atoms with Crippen molar-refractivity contribution >= 4 is 11.6 Å². The third kappa shape index (κ3) is 3.58. The first-order valence-corrected chi connectivity index (χ1v) is 6.38. The molecule has 0 aliphatic rings. The summed E-state index contributed by atoms with van der Waals surface area (Å²) in [6.07, 6.45) is 1.25. The molecule has 0 aromatic heterocycles. The maximum absolute atomic E-state index is 12.8. The summed E-state index contributed by atoms with van der Waals surface area (Å²) in [6.45, 7) is 3.48. The number of para-hydroxylation sites is 1. The number of hydrogen-bond donors (Lipinski definition) is 0. The van der Waals surface area contributed by atoms with Crippen LogP contribution >= 0.6 is 0 Å². The number of halogens is 1. The van der Waals surface area contributed by atoms with Gasteiger partial charge in [0, 0.05) is 18.2 Å². The summed E-state index contributed by atoms with van der Waals surface area (Å²) in [5.41, 5.74) is 2.14. The van der Waals surface area contributed by atoms with Crippen molar-refractivity contribution in [1.82, 2.24) is 0 Å². The molecule has 0 aliphatic heterocycles. The number of amides is 1. The van der Waals surface area contributed by atoms with Crippen LogP contribution in [0.5, 0.6) is 0 Å². The molecule has 0 spiro atoms. The van der Waals surface area contributed by atoms with Crippen LogP contribution in [0.4, 0.5) is 10.1 Å². The van der Waals surface area contributed by atoms with Crippen LogP contribution in [-0.2, 0) is 4.79 Å². The Kier molecular flexibility index (Phi) is 4.53. The van der Waals surface area contributed by atoms with E-state index in [4.69, 9.17) is 0 Å². The SMILES string of the molecule is C=CC(=O)N(C)c1ccccc1C#Cc1ccc(F)cc1. The van der Waals surface area contributed by atoms with Gasteiger partial charge >= 0.3 is 0 Å². The van der Waals surface area contributed by atoms with Crippen LogP contribution in [0.15, 0.2) is 61.2 Å². The Morgan fingerprint density at radius 1 is 1.14 bits per heavy atom. The minimum Gasteiger partial charge on any atom is -0.311 e. The molecular weight excluding hydrogens is 265 g/mol. The molecule has 3 heteroatoms. The zero-order chi connectivity index (χ0) is 15.2. The maximum Gasteiger partial charge on any atom is 0.250 e. The van der Waals surface area contributed by atoms with E-state index in [0.717, 1.165) is 5.56 Å². The van der Waals surface area contributed by atoms with Gasteiger partial charge in [0.05, 0.1) is 5.69 Å². The Hall–Kier alpha value is -2.86. The van der Waals surface area contributed by atoms with E-state index in [-0.39, 0.29) is 11.7 Å². The van der Waals surface area contributed by atoms with Gasteiger partial charge in [-0.25, -0.2) is 4.39 Å². The lowest BCUT2D eigenvalue weighted by Crippen LogP contribution is -2.24. The molecule has 0 aliphatic carbocycles. The van der Waals surface area contributed by atoms with Gasteiger partial charge < -0.3 is 4.90 Å². The first-order chi connectivity index (χ1) is 10.1. The lowest BCUT2D eigenvalue weighted by molar-refractivity contribution is -0.113. The minimum absolute atomic E-state index is 0.203. The molecule has 0 fully saturated rings. The van der Waals surface area contributed by atoms with Gasteiger partial charge in [-0.2, -0.15) is 0 Å². The molecule has 2 rings (SSSR count). The quantitative estimate of drug-likeness (QED) is 0.609. The van der Waals surface area contributed by atoms with Crippen LogP contribution in [-0.4, -0.2) is 13.0 Å². The highest BCUT2D eigenvalue weighted by molar-refractivity contribution is 6.01. The van der Waals surface area contributed by atoms with Gasteiger partial charge in [-0.05, 0) is 42.5 Å². The summed E-state index contributed by atoms with van der Waals surface area (Å²) >= 11 is 0. The Labute approximate surface area is 123 Å². The van der Waals surface area contributed by atoms with Gasteiger partial charge in [0.15, 0.2) is 0 Å². The summed E-state index contributed by atoms with van der Waals surface area (Å²) in [5, 5.41) is 0. The van der Waals surface area contributed by atoms with E-state index in [9.17, 15) is 9.18 Å². The number of likely N-dealkylation sites (N-methyl/N-ethyl adjacent to an activating group) is 1. The van der Waals surface area contributed by atoms with Crippen LogP contribution in [0.3, 0.4) is 0 Å². The molecule has 0 bridgehead atoms. The van der Waals surface area contributed by atoms with Crippen molar-refractivity contribution in [3.8, 4) is 11.8 Å². The highest BCUT2D eigenvalue weighted by Crippen LogP contribution is 2.18. The predicted molar refractivity (Wildman–Crippen MR) is 82.4 cm³/mol. The van der Waals surface area contributed by atoms with Crippen molar-refractivity contribution in [3.05, 3.63) is 78.1 Å². The van der Waals surface area contributed by atoms with Crippen molar-refractivity contribution in [2.24, 2.45) is 0 Å². The van der Waals surface area contributed by atoms with E-state index in [1.165, 1.54) is 23.1 Å². The zero-order valence-corrected chi connectivity index (χ0v) is 11.6. The van der Waals surface area contributed by atoms with Crippen molar-refractivity contribution in [3.63, 3.8) is 0 Å². The highest BCUT2D eigenvalue weighted by atomic mass is 19.1. The molecule has 104 valence electrons. The van der Waals surface area contributed by atoms with E-state index in [0.29, 0.717) is 11.3 Å². The van der Waals surface area contributed by atoms with E-state index in [1.807, 2.05) is 24.3 Å². The largest absolute Gasteiger partial charge is 0.311 e. The number of carbonyl (C=O) groups excluding carboxylic acids is 1. The molecular formula is C18H14FNO. The second kappa shape index (κ2) is 6.53. The first kappa shape index (κ1) is 14.5. The number of nitrogens with zero attached hydrogens (tertiary/aromatic N) is 1. The second-order valence-corrected chi connectivity index (χ2v) is 4.38. The summed E-state index contributed by atoms with van der Waals surface area (Å²) in [4.78, 5) is 13.2. The third-order valence-electron chi connectivity index (χ3n) is 2.96. The molecule has 0 saturated carbocycles. The summed E-state index contributed by atoms with van der Waals surface area (Å²) in [6, 6.07) is 13.3. The van der Waals surface area contributed by atoms with E-state index in [1.54, 1.807) is 19.2 Å². The van der Waals surface area contributed by atoms with E-state index >= 15 is 0 Å². The van der Waals surface area contributed by atoms with Crippen LogP contribution in [0.1, 0.15) is 11.1 Å². The Bertz CT molecular complexity index is 723. The van der Waals surface area contributed by atoms with Crippen molar-refractivity contribution in [2.45, 2.75) is 0 Å². The average Bonchev–Trinajstić information content (AvgIpc) is 2.53. The first-order valence-electron chi connectivity index (χ1n) is 6.38. The average molecular weight is 279 g/mol. The Balaban J connectivity index is 2.35. The van der Waals surface area contributed by atoms with Crippen LogP contribution < -0.4 is 4.90 Å². The lowest BCUT2D eigenvalue weighted by atomic mass is 10.1. The molecule has 1 amide bonds.